The van der Waals surface area contributed by atoms with Crippen LogP contribution in [0.2, 0.25) is 0 Å². The second kappa shape index (κ2) is 44.8. The summed E-state index contributed by atoms with van der Waals surface area (Å²) in [6.45, 7) is 15.5. The first-order valence-corrected chi connectivity index (χ1v) is 34.5. The number of carbonyl (C=O) groups excluding carboxylic acids is 2. The lowest BCUT2D eigenvalue weighted by Crippen LogP contribution is -2.65. The van der Waals surface area contributed by atoms with Crippen molar-refractivity contribution >= 4 is 22.3 Å². The summed E-state index contributed by atoms with van der Waals surface area (Å²) in [5.74, 6) is -0.545. The number of hydrogen-bond donors (Lipinski definition) is 7. The summed E-state index contributed by atoms with van der Waals surface area (Å²) in [6, 6.07) is 0. The second-order valence-electron chi connectivity index (χ2n) is 25.7. The lowest BCUT2D eigenvalue weighted by molar-refractivity contribution is -0.374. The minimum absolute atomic E-state index is 0.0570. The van der Waals surface area contributed by atoms with Gasteiger partial charge in [0.25, 0.3) is 0 Å². The van der Waals surface area contributed by atoms with Crippen molar-refractivity contribution < 1.29 is 81.1 Å². The second-order valence-corrected chi connectivity index (χ2v) is 26.7. The molecular weight excluding hydrogens is 1070 g/mol. The zero-order valence-electron chi connectivity index (χ0n) is 52.6. The Morgan fingerprint density at radius 2 is 0.854 bits per heavy atom. The number of aliphatic hydroxyl groups is 6. The van der Waals surface area contributed by atoms with Gasteiger partial charge >= 0.3 is 22.3 Å². The van der Waals surface area contributed by atoms with E-state index in [1.54, 1.807) is 6.92 Å². The van der Waals surface area contributed by atoms with Crippen LogP contribution in [0.25, 0.3) is 0 Å². The molecule has 0 amide bonds. The molecule has 17 atom stereocenters. The summed E-state index contributed by atoms with van der Waals surface area (Å²) in [5.41, 5.74) is 0. The molecule has 5 unspecified atom stereocenters. The number of ether oxygens (including phenoxy) is 5. The van der Waals surface area contributed by atoms with E-state index in [4.69, 9.17) is 23.7 Å². The third kappa shape index (κ3) is 33.0. The van der Waals surface area contributed by atoms with Gasteiger partial charge in [-0.2, -0.15) is 8.42 Å². The maximum atomic E-state index is 14.0. The van der Waals surface area contributed by atoms with Crippen LogP contribution in [0.3, 0.4) is 0 Å². The third-order valence-corrected chi connectivity index (χ3v) is 17.7. The van der Waals surface area contributed by atoms with Crippen LogP contribution in [0.5, 0.6) is 0 Å². The van der Waals surface area contributed by atoms with E-state index in [0.29, 0.717) is 30.6 Å². The van der Waals surface area contributed by atoms with Crippen LogP contribution in [0.1, 0.15) is 280 Å². The molecule has 7 N–H and O–H groups in total. The number of aliphatic hydroxyl groups excluding tert-OH is 6. The van der Waals surface area contributed by atoms with Crippen LogP contribution in [0.15, 0.2) is 0 Å². The zero-order chi connectivity index (χ0) is 60.9. The van der Waals surface area contributed by atoms with E-state index in [0.717, 1.165) is 70.6 Å². The highest BCUT2D eigenvalue weighted by atomic mass is 32.3. The molecule has 82 heavy (non-hydrogen) atoms. The van der Waals surface area contributed by atoms with Gasteiger partial charge < -0.3 is 54.3 Å². The Hall–Kier alpha value is -1.55. The zero-order valence-corrected chi connectivity index (χ0v) is 53.4. The van der Waals surface area contributed by atoms with Crippen molar-refractivity contribution in [3.63, 3.8) is 0 Å². The van der Waals surface area contributed by atoms with Gasteiger partial charge in [-0.15, -0.1) is 0 Å². The van der Waals surface area contributed by atoms with Crippen molar-refractivity contribution in [2.45, 2.75) is 348 Å². The van der Waals surface area contributed by atoms with Gasteiger partial charge in [-0.05, 0) is 74.5 Å². The van der Waals surface area contributed by atoms with Crippen LogP contribution in [-0.2, 0) is 47.9 Å². The smallest absolute Gasteiger partial charge is 0.397 e. The van der Waals surface area contributed by atoms with Gasteiger partial charge in [0, 0.05) is 6.42 Å². The molecule has 0 bridgehead atoms. The van der Waals surface area contributed by atoms with Gasteiger partial charge in [-0.1, -0.05) is 229 Å². The molecule has 2 aliphatic heterocycles. The van der Waals surface area contributed by atoms with Gasteiger partial charge in [0.15, 0.2) is 24.6 Å². The van der Waals surface area contributed by atoms with Crippen molar-refractivity contribution in [2.24, 2.45) is 35.5 Å². The van der Waals surface area contributed by atoms with Crippen molar-refractivity contribution in [1.29, 1.82) is 0 Å². The maximum Gasteiger partial charge on any atom is 0.397 e. The molecule has 2 fully saturated rings. The summed E-state index contributed by atoms with van der Waals surface area (Å²) in [6.07, 6.45) is 20.6. The normalized spacial score (nSPS) is 25.9. The van der Waals surface area contributed by atoms with Gasteiger partial charge in [-0.3, -0.25) is 14.1 Å². The predicted molar refractivity (Wildman–Crippen MR) is 321 cm³/mol. The van der Waals surface area contributed by atoms with Crippen LogP contribution in [0.4, 0.5) is 0 Å². The molecule has 2 heterocycles. The molecule has 0 radical (unpaired) electrons. The highest BCUT2D eigenvalue weighted by Crippen LogP contribution is 2.35. The molecule has 2 aliphatic rings. The summed E-state index contributed by atoms with van der Waals surface area (Å²) < 4.78 is 67.3. The highest BCUT2D eigenvalue weighted by molar-refractivity contribution is 7.80. The maximum absolute atomic E-state index is 14.0. The molecule has 486 valence electrons. The van der Waals surface area contributed by atoms with Crippen molar-refractivity contribution in [2.75, 3.05) is 13.2 Å². The number of carbonyl (C=O) groups is 2. The minimum atomic E-state index is -5.32. The monoisotopic (exact) mass is 1190 g/mol. The number of rotatable bonds is 50. The lowest BCUT2D eigenvalue weighted by Gasteiger charge is -2.46. The summed E-state index contributed by atoms with van der Waals surface area (Å²) in [5, 5.41) is 64.3. The molecule has 2 saturated heterocycles. The standard InChI is InChI=1S/C64H122O17S/c1-9-11-13-15-17-19-21-23-24-26-27-29-31-33-35-37-52(67)50(7)42-48(5)40-46(3)39-47(4)41-49(6)43-51(8)62(72)79-59-57(70)54(45-66)77-64(80-63-60(81-82(73,74)75)58(71)56(69)53(44-65)76-63)61(59)78-55(68)38-36-34-32-30-28-25-22-20-18-16-14-12-10-2/h46-54,56-61,63-67,69-71H,9-45H2,1-8H3,(H,73,74,75)/t46-,47+,48-,49+,50-,51+,52?,53?,54?,56-,57-,58?,59?,60+,61-,63-,64-/m1/s1. The Morgan fingerprint density at radius 1 is 0.476 bits per heavy atom. The number of esters is 2. The van der Waals surface area contributed by atoms with E-state index in [-0.39, 0.29) is 24.4 Å². The number of hydrogen-bond acceptors (Lipinski definition) is 16. The van der Waals surface area contributed by atoms with Crippen LogP contribution in [-0.4, -0.2) is 136 Å². The van der Waals surface area contributed by atoms with E-state index in [1.165, 1.54) is 135 Å². The van der Waals surface area contributed by atoms with Crippen LogP contribution in [0, 0.1) is 35.5 Å². The number of unbranched alkanes of at least 4 members (excludes halogenated alkanes) is 26. The molecular formula is C64H122O17S. The lowest BCUT2D eigenvalue weighted by atomic mass is 9.81. The quantitative estimate of drug-likeness (QED) is 0.0170. The largest absolute Gasteiger partial charge is 0.455 e. The summed E-state index contributed by atoms with van der Waals surface area (Å²) in [7, 11) is -5.32. The Labute approximate surface area is 497 Å². The molecule has 17 nitrogen and oxygen atoms in total. The molecule has 0 aromatic heterocycles. The minimum Gasteiger partial charge on any atom is -0.455 e. The summed E-state index contributed by atoms with van der Waals surface area (Å²) >= 11 is 0. The Kier molecular flexibility index (Phi) is 41.8. The average Bonchev–Trinajstić information content (AvgIpc) is 3.51. The molecule has 0 aliphatic carbocycles. The van der Waals surface area contributed by atoms with Crippen LogP contribution < -0.4 is 0 Å². The molecule has 2 rings (SSSR count). The molecule has 0 aromatic carbocycles. The van der Waals surface area contributed by atoms with E-state index in [1.807, 2.05) is 0 Å². The summed E-state index contributed by atoms with van der Waals surface area (Å²) in [4.78, 5) is 27.6. The molecule has 0 spiro atoms. The van der Waals surface area contributed by atoms with Gasteiger partial charge in [-0.25, -0.2) is 4.18 Å². The molecule has 0 aromatic rings. The Balaban J connectivity index is 1.97. The molecule has 0 saturated carbocycles. The van der Waals surface area contributed by atoms with E-state index >= 15 is 0 Å². The highest BCUT2D eigenvalue weighted by Gasteiger charge is 2.55. The fraction of sp³-hybridized carbons (Fsp3) is 0.969. The fourth-order valence-electron chi connectivity index (χ4n) is 12.6. The SMILES string of the molecule is CCCCCCCCCCCCCCCCCC(O)[C@H](C)C[C@H](C)C[C@H](C)C[C@H](C)C[C@H](C)C[C@H](C)C(=O)OC1[C@H](O)C(CO)O[C@H](O[C@H]2OC(CO)[C@@H](O)C(O)[C@@H]2OS(=O)(=O)O)[C@@H]1OC(=O)CCCCCCCCCCCCCCC. The van der Waals surface area contributed by atoms with Crippen molar-refractivity contribution in [1.82, 2.24) is 0 Å². The Bertz CT molecular complexity index is 1710. The van der Waals surface area contributed by atoms with E-state index < -0.39 is 103 Å². The van der Waals surface area contributed by atoms with E-state index in [9.17, 15) is 53.2 Å². The molecule has 18 heteroatoms. The predicted octanol–water partition coefficient (Wildman–Crippen LogP) is 12.4. The van der Waals surface area contributed by atoms with Crippen molar-refractivity contribution in [3.8, 4) is 0 Å². The van der Waals surface area contributed by atoms with Crippen LogP contribution >= 0.6 is 0 Å². The van der Waals surface area contributed by atoms with Gasteiger partial charge in [0.2, 0.25) is 6.29 Å². The first kappa shape index (κ1) is 76.5. The first-order chi connectivity index (χ1) is 39.1. The van der Waals surface area contributed by atoms with Gasteiger partial charge in [0.1, 0.15) is 30.5 Å². The average molecular weight is 1200 g/mol. The topological polar surface area (TPSA) is 265 Å². The first-order valence-electron chi connectivity index (χ1n) is 33.1. The van der Waals surface area contributed by atoms with Crippen molar-refractivity contribution in [3.05, 3.63) is 0 Å². The Morgan fingerprint density at radius 3 is 1.28 bits per heavy atom. The van der Waals surface area contributed by atoms with Gasteiger partial charge in [0.05, 0.1) is 25.2 Å². The fourth-order valence-corrected chi connectivity index (χ4v) is 13.1. The van der Waals surface area contributed by atoms with E-state index in [2.05, 4.69) is 52.6 Å². The third-order valence-electron chi connectivity index (χ3n) is 17.2.